The lowest BCUT2D eigenvalue weighted by Gasteiger charge is -2.14. The number of nitrogens with one attached hydrogen (secondary N) is 1. The fourth-order valence-corrected chi connectivity index (χ4v) is 1.85. The lowest BCUT2D eigenvalue weighted by Crippen LogP contribution is -2.33. The first-order chi connectivity index (χ1) is 8.02. The first-order valence-corrected chi connectivity index (χ1v) is 5.29. The van der Waals surface area contributed by atoms with Crippen LogP contribution in [0.3, 0.4) is 0 Å². The van der Waals surface area contributed by atoms with Gasteiger partial charge in [-0.25, -0.2) is 4.79 Å². The predicted molar refractivity (Wildman–Crippen MR) is 57.7 cm³/mol. The van der Waals surface area contributed by atoms with Crippen LogP contribution in [0, 0.1) is 6.92 Å². The van der Waals surface area contributed by atoms with Gasteiger partial charge in [0.1, 0.15) is 12.3 Å². The maximum Gasteiger partial charge on any atom is 0.330 e. The van der Waals surface area contributed by atoms with Crippen LogP contribution >= 0.6 is 0 Å². The second-order valence-electron chi connectivity index (χ2n) is 4.09. The molecule has 0 spiro atoms. The minimum Gasteiger partial charge on any atom is -0.394 e. The second kappa shape index (κ2) is 4.44. The van der Waals surface area contributed by atoms with Crippen molar-refractivity contribution in [2.24, 2.45) is 0 Å². The summed E-state index contributed by atoms with van der Waals surface area (Å²) in [5.41, 5.74) is -0.643. The highest BCUT2D eigenvalue weighted by atomic mass is 16.5. The molecule has 3 N–H and O–H groups in total. The third kappa shape index (κ3) is 2.17. The monoisotopic (exact) mass is 242 g/mol. The van der Waals surface area contributed by atoms with Gasteiger partial charge in [0.05, 0.1) is 12.7 Å². The SMILES string of the molecule is Cc1cn([C@H]2CC(O)C(CO)O2)c(=O)[nH]c1=O. The summed E-state index contributed by atoms with van der Waals surface area (Å²) in [6.07, 6.45) is -0.581. The van der Waals surface area contributed by atoms with Gasteiger partial charge in [0.15, 0.2) is 0 Å². The normalized spacial score (nSPS) is 28.5. The molecule has 1 saturated heterocycles. The molecule has 17 heavy (non-hydrogen) atoms. The van der Waals surface area contributed by atoms with Crippen LogP contribution in [0.2, 0.25) is 0 Å². The van der Waals surface area contributed by atoms with Gasteiger partial charge in [-0.3, -0.25) is 14.3 Å². The molecule has 0 aliphatic carbocycles. The average Bonchev–Trinajstić information content (AvgIpc) is 2.65. The number of ether oxygens (including phenoxy) is 1. The van der Waals surface area contributed by atoms with Gasteiger partial charge >= 0.3 is 5.69 Å². The minimum absolute atomic E-state index is 0.205. The molecule has 1 aromatic heterocycles. The summed E-state index contributed by atoms with van der Waals surface area (Å²) in [6, 6.07) is 0. The maximum absolute atomic E-state index is 11.6. The molecule has 7 nitrogen and oxygen atoms in total. The molecule has 0 saturated carbocycles. The van der Waals surface area contributed by atoms with Crippen LogP contribution in [0.15, 0.2) is 15.8 Å². The van der Waals surface area contributed by atoms with E-state index in [-0.39, 0.29) is 13.0 Å². The number of hydrogen-bond donors (Lipinski definition) is 3. The van der Waals surface area contributed by atoms with Crippen LogP contribution in [0.25, 0.3) is 0 Å². The van der Waals surface area contributed by atoms with E-state index in [1.54, 1.807) is 6.92 Å². The lowest BCUT2D eigenvalue weighted by atomic mass is 10.2. The van der Waals surface area contributed by atoms with E-state index in [9.17, 15) is 14.7 Å². The van der Waals surface area contributed by atoms with Gasteiger partial charge in [-0.1, -0.05) is 0 Å². The van der Waals surface area contributed by atoms with Gasteiger partial charge < -0.3 is 14.9 Å². The van der Waals surface area contributed by atoms with Crippen LogP contribution in [0.4, 0.5) is 0 Å². The Labute approximate surface area is 96.3 Å². The zero-order valence-electron chi connectivity index (χ0n) is 9.29. The van der Waals surface area contributed by atoms with Crippen LogP contribution in [-0.2, 0) is 4.74 Å². The third-order valence-electron chi connectivity index (χ3n) is 2.84. The molecule has 1 aliphatic rings. The van der Waals surface area contributed by atoms with E-state index < -0.39 is 29.7 Å². The summed E-state index contributed by atoms with van der Waals surface area (Å²) in [5, 5.41) is 18.5. The molecule has 0 radical (unpaired) electrons. The first-order valence-electron chi connectivity index (χ1n) is 5.29. The van der Waals surface area contributed by atoms with E-state index in [0.29, 0.717) is 5.56 Å². The quantitative estimate of drug-likeness (QED) is 0.584. The van der Waals surface area contributed by atoms with Crippen LogP contribution in [-0.4, -0.2) is 38.6 Å². The topological polar surface area (TPSA) is 105 Å². The van der Waals surface area contributed by atoms with Crippen molar-refractivity contribution in [1.29, 1.82) is 0 Å². The van der Waals surface area contributed by atoms with Crippen molar-refractivity contribution >= 4 is 0 Å². The van der Waals surface area contributed by atoms with Gasteiger partial charge in [-0.15, -0.1) is 0 Å². The highest BCUT2D eigenvalue weighted by Crippen LogP contribution is 2.27. The molecule has 7 heteroatoms. The zero-order valence-corrected chi connectivity index (χ0v) is 9.29. The standard InChI is InChI=1S/C10H14N2O5/c1-5-3-12(10(16)11-9(5)15)8-2-6(14)7(4-13)17-8/h3,6-8,13-14H,2,4H2,1H3,(H,11,15,16)/t6?,7?,8-/m1/s1. The molecule has 3 atom stereocenters. The summed E-state index contributed by atoms with van der Waals surface area (Å²) in [5.74, 6) is 0. The van der Waals surface area contributed by atoms with E-state index >= 15 is 0 Å². The Balaban J connectivity index is 2.34. The Morgan fingerprint density at radius 3 is 2.88 bits per heavy atom. The number of aliphatic hydroxyl groups is 2. The average molecular weight is 242 g/mol. The number of nitrogens with zero attached hydrogens (tertiary/aromatic N) is 1. The first kappa shape index (κ1) is 12.0. The highest BCUT2D eigenvalue weighted by Gasteiger charge is 2.34. The second-order valence-corrected chi connectivity index (χ2v) is 4.09. The Bertz CT molecular complexity index is 520. The van der Waals surface area contributed by atoms with Crippen molar-refractivity contribution in [2.45, 2.75) is 31.8 Å². The molecular formula is C10H14N2O5. The van der Waals surface area contributed by atoms with Crippen molar-refractivity contribution in [1.82, 2.24) is 9.55 Å². The fourth-order valence-electron chi connectivity index (χ4n) is 1.85. The fraction of sp³-hybridized carbons (Fsp3) is 0.600. The zero-order chi connectivity index (χ0) is 12.6. The lowest BCUT2D eigenvalue weighted by molar-refractivity contribution is -0.0459. The van der Waals surface area contributed by atoms with Crippen LogP contribution in [0.5, 0.6) is 0 Å². The number of aromatic nitrogens is 2. The van der Waals surface area contributed by atoms with Crippen molar-refractivity contribution in [2.75, 3.05) is 6.61 Å². The Kier molecular flexibility index (Phi) is 3.14. The maximum atomic E-state index is 11.6. The Morgan fingerprint density at radius 2 is 2.29 bits per heavy atom. The summed E-state index contributed by atoms with van der Waals surface area (Å²) in [4.78, 5) is 24.9. The van der Waals surface area contributed by atoms with Crippen molar-refractivity contribution in [3.05, 3.63) is 32.6 Å². The third-order valence-corrected chi connectivity index (χ3v) is 2.84. The predicted octanol–water partition coefficient (Wildman–Crippen LogP) is -1.51. The number of aliphatic hydroxyl groups excluding tert-OH is 2. The summed E-state index contributed by atoms with van der Waals surface area (Å²) in [6.45, 7) is 1.26. The Hall–Kier alpha value is -1.44. The number of aromatic amines is 1. The van der Waals surface area contributed by atoms with Crippen molar-refractivity contribution < 1.29 is 14.9 Å². The molecule has 0 aromatic carbocycles. The number of rotatable bonds is 2. The Morgan fingerprint density at radius 1 is 1.59 bits per heavy atom. The molecule has 1 aromatic rings. The van der Waals surface area contributed by atoms with Crippen molar-refractivity contribution in [3.63, 3.8) is 0 Å². The van der Waals surface area contributed by atoms with E-state index in [0.717, 1.165) is 0 Å². The molecule has 0 amide bonds. The van der Waals surface area contributed by atoms with E-state index in [4.69, 9.17) is 9.84 Å². The van der Waals surface area contributed by atoms with Gasteiger partial charge in [-0.2, -0.15) is 0 Å². The smallest absolute Gasteiger partial charge is 0.330 e. The van der Waals surface area contributed by atoms with E-state index in [1.165, 1.54) is 10.8 Å². The molecular weight excluding hydrogens is 228 g/mol. The van der Waals surface area contributed by atoms with E-state index in [2.05, 4.69) is 4.98 Å². The van der Waals surface area contributed by atoms with Gasteiger partial charge in [0.25, 0.3) is 5.56 Å². The van der Waals surface area contributed by atoms with Gasteiger partial charge in [0.2, 0.25) is 0 Å². The van der Waals surface area contributed by atoms with E-state index in [1.807, 2.05) is 0 Å². The molecule has 0 bridgehead atoms. The highest BCUT2D eigenvalue weighted by molar-refractivity contribution is 5.02. The largest absolute Gasteiger partial charge is 0.394 e. The number of H-pyrrole nitrogens is 1. The summed E-state index contributed by atoms with van der Waals surface area (Å²) >= 11 is 0. The molecule has 2 heterocycles. The van der Waals surface area contributed by atoms with Crippen LogP contribution in [0.1, 0.15) is 18.2 Å². The number of aryl methyl sites for hydroxylation is 1. The van der Waals surface area contributed by atoms with Gasteiger partial charge in [0, 0.05) is 18.2 Å². The number of hydrogen-bond acceptors (Lipinski definition) is 5. The molecule has 2 rings (SSSR count). The molecule has 2 unspecified atom stereocenters. The molecule has 1 aliphatic heterocycles. The minimum atomic E-state index is -0.816. The molecule has 1 fully saturated rings. The van der Waals surface area contributed by atoms with Gasteiger partial charge in [-0.05, 0) is 6.92 Å². The molecule has 94 valence electrons. The summed E-state index contributed by atoms with van der Waals surface area (Å²) < 4.78 is 6.54. The summed E-state index contributed by atoms with van der Waals surface area (Å²) in [7, 11) is 0. The van der Waals surface area contributed by atoms with Crippen LogP contribution < -0.4 is 11.2 Å². The van der Waals surface area contributed by atoms with Crippen molar-refractivity contribution in [3.8, 4) is 0 Å².